The molecule has 2 rings (SSSR count). The van der Waals surface area contributed by atoms with Crippen LogP contribution in [0, 0.1) is 11.8 Å². The van der Waals surface area contributed by atoms with E-state index in [-0.39, 0.29) is 0 Å². The second-order valence-corrected chi connectivity index (χ2v) is 4.68. The molecular formula is C13H18O2. The number of hydrogen-bond acceptors (Lipinski definition) is 1. The first-order valence-electron chi connectivity index (χ1n) is 5.83. The molecule has 2 nitrogen and oxygen atoms in total. The maximum Gasteiger partial charge on any atom is 0.328 e. The summed E-state index contributed by atoms with van der Waals surface area (Å²) in [5, 5.41) is 8.68. The van der Waals surface area contributed by atoms with E-state index in [0.717, 1.165) is 17.9 Å². The van der Waals surface area contributed by atoms with Crippen molar-refractivity contribution in [3.63, 3.8) is 0 Å². The molecule has 1 saturated carbocycles. The largest absolute Gasteiger partial charge is 0.478 e. The lowest BCUT2D eigenvalue weighted by Gasteiger charge is -2.33. The van der Waals surface area contributed by atoms with Gasteiger partial charge in [0.1, 0.15) is 0 Å². The third kappa shape index (κ3) is 2.14. The van der Waals surface area contributed by atoms with Crippen molar-refractivity contribution in [1.29, 1.82) is 0 Å². The average molecular weight is 206 g/mol. The third-order valence-electron chi connectivity index (χ3n) is 3.53. The summed E-state index contributed by atoms with van der Waals surface area (Å²) in [4.78, 5) is 10.5. The molecule has 2 atom stereocenters. The SMILES string of the molecule is CCCCC1=C[C@@H]2/C(=C\C(=O)O)C[C@@H]2C1. The van der Waals surface area contributed by atoms with Crippen LogP contribution in [-0.2, 0) is 4.79 Å². The molecule has 0 aliphatic heterocycles. The lowest BCUT2D eigenvalue weighted by Crippen LogP contribution is -2.24. The Balaban J connectivity index is 1.95. The monoisotopic (exact) mass is 206 g/mol. The molecule has 2 aliphatic carbocycles. The Labute approximate surface area is 90.7 Å². The minimum Gasteiger partial charge on any atom is -0.478 e. The van der Waals surface area contributed by atoms with Crippen LogP contribution in [0.1, 0.15) is 39.0 Å². The Morgan fingerprint density at radius 2 is 2.40 bits per heavy atom. The molecule has 0 radical (unpaired) electrons. The number of unbranched alkanes of at least 4 members (excludes halogenated alkanes) is 1. The maximum absolute atomic E-state index is 10.5. The molecule has 2 aliphatic rings. The molecule has 0 bridgehead atoms. The fraction of sp³-hybridized carbons (Fsp3) is 0.615. The minimum atomic E-state index is -0.793. The predicted molar refractivity (Wildman–Crippen MR) is 59.5 cm³/mol. The first-order chi connectivity index (χ1) is 7.20. The third-order valence-corrected chi connectivity index (χ3v) is 3.53. The van der Waals surface area contributed by atoms with Crippen LogP contribution in [0.3, 0.4) is 0 Å². The highest BCUT2D eigenvalue weighted by molar-refractivity contribution is 5.81. The molecule has 0 aromatic heterocycles. The first kappa shape index (κ1) is 10.5. The smallest absolute Gasteiger partial charge is 0.328 e. The molecule has 1 fully saturated rings. The summed E-state index contributed by atoms with van der Waals surface area (Å²) in [7, 11) is 0. The molecule has 0 aromatic carbocycles. The van der Waals surface area contributed by atoms with Crippen molar-refractivity contribution in [1.82, 2.24) is 0 Å². The Hall–Kier alpha value is -1.05. The maximum atomic E-state index is 10.5. The summed E-state index contributed by atoms with van der Waals surface area (Å²) < 4.78 is 0. The number of carboxylic acids is 1. The van der Waals surface area contributed by atoms with Crippen molar-refractivity contribution in [2.24, 2.45) is 11.8 Å². The van der Waals surface area contributed by atoms with E-state index in [2.05, 4.69) is 13.0 Å². The van der Waals surface area contributed by atoms with Crippen LogP contribution in [-0.4, -0.2) is 11.1 Å². The summed E-state index contributed by atoms with van der Waals surface area (Å²) in [5.41, 5.74) is 2.68. The van der Waals surface area contributed by atoms with Crippen molar-refractivity contribution in [3.05, 3.63) is 23.3 Å². The zero-order valence-electron chi connectivity index (χ0n) is 9.20. The second kappa shape index (κ2) is 4.21. The Kier molecular flexibility index (Phi) is 2.94. The molecule has 0 heterocycles. The zero-order valence-corrected chi connectivity index (χ0v) is 9.20. The molecule has 0 saturated heterocycles. The van der Waals surface area contributed by atoms with Crippen molar-refractivity contribution in [2.45, 2.75) is 39.0 Å². The van der Waals surface area contributed by atoms with Crippen LogP contribution >= 0.6 is 0 Å². The first-order valence-corrected chi connectivity index (χ1v) is 5.83. The van der Waals surface area contributed by atoms with Crippen LogP contribution in [0.5, 0.6) is 0 Å². The molecule has 0 aromatic rings. The zero-order chi connectivity index (χ0) is 10.8. The fourth-order valence-corrected chi connectivity index (χ4v) is 2.71. The number of fused-ring (bicyclic) bond motifs is 1. The van der Waals surface area contributed by atoms with Gasteiger partial charge in [0, 0.05) is 12.0 Å². The van der Waals surface area contributed by atoms with Gasteiger partial charge >= 0.3 is 5.97 Å². The molecule has 15 heavy (non-hydrogen) atoms. The normalized spacial score (nSPS) is 31.0. The van der Waals surface area contributed by atoms with Gasteiger partial charge in [-0.05, 0) is 31.6 Å². The summed E-state index contributed by atoms with van der Waals surface area (Å²) in [6, 6.07) is 0. The van der Waals surface area contributed by atoms with Crippen molar-refractivity contribution in [2.75, 3.05) is 0 Å². The van der Waals surface area contributed by atoms with Gasteiger partial charge in [-0.1, -0.05) is 30.6 Å². The molecule has 2 heteroatoms. The predicted octanol–water partition coefficient (Wildman–Crippen LogP) is 3.15. The van der Waals surface area contributed by atoms with Crippen LogP contribution < -0.4 is 0 Å². The molecule has 0 unspecified atom stereocenters. The van der Waals surface area contributed by atoms with Gasteiger partial charge in [-0.2, -0.15) is 0 Å². The summed E-state index contributed by atoms with van der Waals surface area (Å²) in [5.74, 6) is 0.397. The van der Waals surface area contributed by atoms with Crippen LogP contribution in [0.15, 0.2) is 23.3 Å². The molecule has 82 valence electrons. The van der Waals surface area contributed by atoms with E-state index in [1.165, 1.54) is 31.8 Å². The van der Waals surface area contributed by atoms with E-state index in [1.807, 2.05) is 0 Å². The Bertz CT molecular complexity index is 325. The number of allylic oxidation sites excluding steroid dienone is 3. The van der Waals surface area contributed by atoms with E-state index >= 15 is 0 Å². The molecule has 0 amide bonds. The van der Waals surface area contributed by atoms with Crippen LogP contribution in [0.25, 0.3) is 0 Å². The number of carboxylic acid groups (broad SMARTS) is 1. The summed E-state index contributed by atoms with van der Waals surface area (Å²) in [6.45, 7) is 2.21. The molecular weight excluding hydrogens is 188 g/mol. The van der Waals surface area contributed by atoms with Gasteiger partial charge in [-0.25, -0.2) is 4.79 Å². The van der Waals surface area contributed by atoms with E-state index in [1.54, 1.807) is 5.57 Å². The lowest BCUT2D eigenvalue weighted by molar-refractivity contribution is -0.131. The van der Waals surface area contributed by atoms with Crippen LogP contribution in [0.2, 0.25) is 0 Å². The van der Waals surface area contributed by atoms with Gasteiger partial charge in [-0.15, -0.1) is 0 Å². The number of rotatable bonds is 4. The van der Waals surface area contributed by atoms with Gasteiger partial charge in [0.25, 0.3) is 0 Å². The fourth-order valence-electron chi connectivity index (χ4n) is 2.71. The van der Waals surface area contributed by atoms with Crippen LogP contribution in [0.4, 0.5) is 0 Å². The Morgan fingerprint density at radius 3 is 3.07 bits per heavy atom. The number of carbonyl (C=O) groups is 1. The standard InChI is InChI=1S/C13H18O2/c1-2-3-4-9-5-10-7-11(8-13(14)15)12(10)6-9/h6,8,10,12H,2-5,7H2,1H3,(H,14,15)/b11-8-/t10-,12-/m0/s1. The highest BCUT2D eigenvalue weighted by Gasteiger charge is 2.39. The van der Waals surface area contributed by atoms with Gasteiger partial charge < -0.3 is 5.11 Å². The quantitative estimate of drug-likeness (QED) is 0.566. The van der Waals surface area contributed by atoms with E-state index < -0.39 is 5.97 Å². The molecule has 0 spiro atoms. The van der Waals surface area contributed by atoms with Gasteiger partial charge in [0.15, 0.2) is 0 Å². The molecule has 1 N–H and O–H groups in total. The van der Waals surface area contributed by atoms with Crippen molar-refractivity contribution >= 4 is 5.97 Å². The highest BCUT2D eigenvalue weighted by Crippen LogP contribution is 2.50. The van der Waals surface area contributed by atoms with Gasteiger partial charge in [-0.3, -0.25) is 0 Å². The Morgan fingerprint density at radius 1 is 1.60 bits per heavy atom. The van der Waals surface area contributed by atoms with Crippen molar-refractivity contribution in [3.8, 4) is 0 Å². The summed E-state index contributed by atoms with van der Waals surface area (Å²) in [6.07, 6.45) is 9.65. The number of aliphatic carboxylic acids is 1. The number of hydrogen-bond donors (Lipinski definition) is 1. The van der Waals surface area contributed by atoms with Crippen molar-refractivity contribution < 1.29 is 9.90 Å². The van der Waals surface area contributed by atoms with Gasteiger partial charge in [0.05, 0.1) is 0 Å². The second-order valence-electron chi connectivity index (χ2n) is 4.68. The van der Waals surface area contributed by atoms with E-state index in [0.29, 0.717) is 5.92 Å². The summed E-state index contributed by atoms with van der Waals surface area (Å²) >= 11 is 0. The lowest BCUT2D eigenvalue weighted by atomic mass is 9.71. The van der Waals surface area contributed by atoms with E-state index in [4.69, 9.17) is 5.11 Å². The average Bonchev–Trinajstić information content (AvgIpc) is 2.49. The topological polar surface area (TPSA) is 37.3 Å². The van der Waals surface area contributed by atoms with E-state index in [9.17, 15) is 4.79 Å². The minimum absolute atomic E-state index is 0.466. The highest BCUT2D eigenvalue weighted by atomic mass is 16.4. The van der Waals surface area contributed by atoms with Gasteiger partial charge in [0.2, 0.25) is 0 Å².